The van der Waals surface area contributed by atoms with E-state index in [0.29, 0.717) is 30.2 Å². The van der Waals surface area contributed by atoms with Gasteiger partial charge < -0.3 is 9.88 Å². The van der Waals surface area contributed by atoms with E-state index in [-0.39, 0.29) is 0 Å². The number of aromatic amines is 1. The molecule has 138 valence electrons. The molecular formula is C19H25N5O2. The molecule has 7 nitrogen and oxygen atoms in total. The number of unbranched alkanes of at least 4 members (excludes halogenated alkanes) is 2. The van der Waals surface area contributed by atoms with Crippen molar-refractivity contribution < 1.29 is 0 Å². The lowest BCUT2D eigenvalue weighted by molar-refractivity contribution is 0.614. The van der Waals surface area contributed by atoms with E-state index in [1.165, 1.54) is 10.1 Å². The molecule has 0 amide bonds. The molecule has 0 atom stereocenters. The van der Waals surface area contributed by atoms with Gasteiger partial charge in [-0.3, -0.25) is 14.3 Å². The van der Waals surface area contributed by atoms with Gasteiger partial charge in [-0.05, 0) is 18.9 Å². The summed E-state index contributed by atoms with van der Waals surface area (Å²) in [5.41, 5.74) is 2.34. The molecule has 2 heterocycles. The zero-order chi connectivity index (χ0) is 18.7. The lowest BCUT2D eigenvalue weighted by atomic mass is 10.1. The number of aromatic nitrogens is 4. The Balaban J connectivity index is 1.99. The summed E-state index contributed by atoms with van der Waals surface area (Å²) in [5, 5.41) is 3.32. The minimum absolute atomic E-state index is 0.393. The van der Waals surface area contributed by atoms with E-state index >= 15 is 0 Å². The summed E-state index contributed by atoms with van der Waals surface area (Å²) in [6.07, 6.45) is 3.11. The fourth-order valence-electron chi connectivity index (χ4n) is 2.99. The summed E-state index contributed by atoms with van der Waals surface area (Å²) in [6, 6.07) is 8.26. The van der Waals surface area contributed by atoms with Crippen molar-refractivity contribution in [3.63, 3.8) is 0 Å². The van der Waals surface area contributed by atoms with Gasteiger partial charge in [0.1, 0.15) is 0 Å². The number of hydrogen-bond acceptors (Lipinski definition) is 4. The molecule has 3 rings (SSSR count). The van der Waals surface area contributed by atoms with Gasteiger partial charge in [0.25, 0.3) is 5.56 Å². The van der Waals surface area contributed by atoms with Crippen molar-refractivity contribution in [2.24, 2.45) is 7.05 Å². The van der Waals surface area contributed by atoms with Crippen molar-refractivity contribution in [1.82, 2.24) is 19.1 Å². The summed E-state index contributed by atoms with van der Waals surface area (Å²) >= 11 is 0. The van der Waals surface area contributed by atoms with Gasteiger partial charge in [0, 0.05) is 20.1 Å². The van der Waals surface area contributed by atoms with Crippen LogP contribution in [-0.4, -0.2) is 19.1 Å². The Labute approximate surface area is 151 Å². The molecule has 0 aliphatic heterocycles. The molecule has 0 spiro atoms. The van der Waals surface area contributed by atoms with Gasteiger partial charge in [-0.1, -0.05) is 49.6 Å². The maximum absolute atomic E-state index is 12.4. The number of fused-ring (bicyclic) bond motifs is 1. The first-order chi connectivity index (χ1) is 12.5. The zero-order valence-electron chi connectivity index (χ0n) is 15.5. The lowest BCUT2D eigenvalue weighted by Crippen LogP contribution is -2.29. The molecule has 2 aromatic heterocycles. The first kappa shape index (κ1) is 18.0. The van der Waals surface area contributed by atoms with Crippen LogP contribution in [0.4, 0.5) is 5.95 Å². The number of nitrogens with zero attached hydrogens (tertiary/aromatic N) is 3. The molecule has 0 unspecified atom stereocenters. The van der Waals surface area contributed by atoms with Crippen LogP contribution in [0.5, 0.6) is 0 Å². The van der Waals surface area contributed by atoms with Crippen molar-refractivity contribution in [2.75, 3.05) is 5.32 Å². The minimum Gasteiger partial charge on any atom is -0.352 e. The van der Waals surface area contributed by atoms with Crippen LogP contribution in [0.1, 0.15) is 37.3 Å². The summed E-state index contributed by atoms with van der Waals surface area (Å²) < 4.78 is 3.27. The Kier molecular flexibility index (Phi) is 5.25. The standard InChI is InChI=1S/C19H25N5O2/c1-4-5-6-11-24-15-16(23(3)19(26)22-17(15)25)21-18(24)20-12-14-9-7-13(2)8-10-14/h7-10H,4-6,11-12H2,1-3H3,(H,20,21)(H,22,25,26). The first-order valence-corrected chi connectivity index (χ1v) is 9.00. The van der Waals surface area contributed by atoms with Crippen LogP contribution >= 0.6 is 0 Å². The number of benzene rings is 1. The van der Waals surface area contributed by atoms with Crippen LogP contribution in [-0.2, 0) is 20.1 Å². The quantitative estimate of drug-likeness (QED) is 0.638. The molecule has 7 heteroatoms. The third-order valence-corrected chi connectivity index (χ3v) is 4.56. The Hall–Kier alpha value is -2.83. The van der Waals surface area contributed by atoms with Gasteiger partial charge in [-0.2, -0.15) is 4.98 Å². The van der Waals surface area contributed by atoms with E-state index in [2.05, 4.69) is 53.4 Å². The van der Waals surface area contributed by atoms with Crippen molar-refractivity contribution in [2.45, 2.75) is 46.2 Å². The van der Waals surface area contributed by atoms with Gasteiger partial charge >= 0.3 is 5.69 Å². The zero-order valence-corrected chi connectivity index (χ0v) is 15.5. The maximum atomic E-state index is 12.4. The van der Waals surface area contributed by atoms with E-state index in [1.54, 1.807) is 7.05 Å². The van der Waals surface area contributed by atoms with Crippen LogP contribution < -0.4 is 16.6 Å². The summed E-state index contributed by atoms with van der Waals surface area (Å²) in [7, 11) is 1.62. The smallest absolute Gasteiger partial charge is 0.329 e. The fraction of sp³-hybridized carbons (Fsp3) is 0.421. The predicted molar refractivity (Wildman–Crippen MR) is 104 cm³/mol. The molecule has 0 fully saturated rings. The number of anilines is 1. The number of H-pyrrole nitrogens is 1. The van der Waals surface area contributed by atoms with Gasteiger partial charge in [0.05, 0.1) is 0 Å². The second-order valence-electron chi connectivity index (χ2n) is 6.62. The van der Waals surface area contributed by atoms with Crippen molar-refractivity contribution >= 4 is 17.1 Å². The third-order valence-electron chi connectivity index (χ3n) is 4.56. The van der Waals surface area contributed by atoms with Crippen molar-refractivity contribution in [1.29, 1.82) is 0 Å². The van der Waals surface area contributed by atoms with E-state index in [0.717, 1.165) is 24.8 Å². The Morgan fingerprint density at radius 3 is 2.58 bits per heavy atom. The fourth-order valence-corrected chi connectivity index (χ4v) is 2.99. The van der Waals surface area contributed by atoms with Crippen LogP contribution in [0.3, 0.4) is 0 Å². The molecule has 0 saturated heterocycles. The highest BCUT2D eigenvalue weighted by molar-refractivity contribution is 5.74. The largest absolute Gasteiger partial charge is 0.352 e. The molecule has 3 aromatic rings. The van der Waals surface area contributed by atoms with Gasteiger partial charge in [-0.15, -0.1) is 0 Å². The lowest BCUT2D eigenvalue weighted by Gasteiger charge is -2.10. The predicted octanol–water partition coefficient (Wildman–Crippen LogP) is 2.53. The summed E-state index contributed by atoms with van der Waals surface area (Å²) in [4.78, 5) is 31.2. The average molecular weight is 355 g/mol. The molecule has 0 bridgehead atoms. The molecule has 0 aliphatic rings. The third kappa shape index (κ3) is 3.56. The van der Waals surface area contributed by atoms with Crippen molar-refractivity contribution in [3.05, 3.63) is 56.2 Å². The normalized spacial score (nSPS) is 11.2. The molecule has 0 saturated carbocycles. The van der Waals surface area contributed by atoms with Crippen LogP contribution in [0.2, 0.25) is 0 Å². The molecule has 0 aliphatic carbocycles. The Morgan fingerprint density at radius 2 is 1.88 bits per heavy atom. The SMILES string of the molecule is CCCCCn1c(NCc2ccc(C)cc2)nc2c1c(=O)[nH]c(=O)n2C. The second kappa shape index (κ2) is 7.59. The second-order valence-corrected chi connectivity index (χ2v) is 6.62. The van der Waals surface area contributed by atoms with Gasteiger partial charge in [-0.25, -0.2) is 4.79 Å². The topological polar surface area (TPSA) is 84.7 Å². The van der Waals surface area contributed by atoms with E-state index in [1.807, 2.05) is 4.57 Å². The number of aryl methyl sites for hydroxylation is 3. The number of nitrogens with one attached hydrogen (secondary N) is 2. The summed E-state index contributed by atoms with van der Waals surface area (Å²) in [5.74, 6) is 0.614. The van der Waals surface area contributed by atoms with Crippen molar-refractivity contribution in [3.8, 4) is 0 Å². The number of rotatable bonds is 7. The molecule has 1 aromatic carbocycles. The van der Waals surface area contributed by atoms with Gasteiger partial charge in [0.15, 0.2) is 11.2 Å². The minimum atomic E-state index is -0.453. The average Bonchev–Trinajstić information content (AvgIpc) is 2.99. The van der Waals surface area contributed by atoms with E-state index in [9.17, 15) is 9.59 Å². The summed E-state index contributed by atoms with van der Waals surface area (Å²) in [6.45, 7) is 5.47. The van der Waals surface area contributed by atoms with Crippen LogP contribution in [0.25, 0.3) is 11.2 Å². The molecule has 2 N–H and O–H groups in total. The highest BCUT2D eigenvalue weighted by Crippen LogP contribution is 2.17. The maximum Gasteiger partial charge on any atom is 0.329 e. The molecule has 26 heavy (non-hydrogen) atoms. The highest BCUT2D eigenvalue weighted by atomic mass is 16.2. The number of imidazole rings is 1. The Bertz CT molecular complexity index is 1010. The van der Waals surface area contributed by atoms with Crippen LogP contribution in [0.15, 0.2) is 33.9 Å². The number of hydrogen-bond donors (Lipinski definition) is 2. The first-order valence-electron chi connectivity index (χ1n) is 9.00. The molecular weight excluding hydrogens is 330 g/mol. The van der Waals surface area contributed by atoms with Gasteiger partial charge in [0.2, 0.25) is 5.95 Å². The molecule has 0 radical (unpaired) electrons. The highest BCUT2D eigenvalue weighted by Gasteiger charge is 2.16. The Morgan fingerprint density at radius 1 is 1.15 bits per heavy atom. The monoisotopic (exact) mass is 355 g/mol. The van der Waals surface area contributed by atoms with Crippen LogP contribution in [0, 0.1) is 6.92 Å². The van der Waals surface area contributed by atoms with E-state index in [4.69, 9.17) is 0 Å². The van der Waals surface area contributed by atoms with E-state index < -0.39 is 11.2 Å².